The zero-order chi connectivity index (χ0) is 22.4. The van der Waals surface area contributed by atoms with Crippen molar-refractivity contribution in [3.8, 4) is 11.5 Å². The Hall–Kier alpha value is -3.24. The molecular weight excluding hydrogens is 427 g/mol. The minimum Gasteiger partial charge on any atom is -0.454 e. The summed E-state index contributed by atoms with van der Waals surface area (Å²) in [7, 11) is 1.59. The highest BCUT2D eigenvalue weighted by Gasteiger charge is 2.65. The van der Waals surface area contributed by atoms with Gasteiger partial charge in [0.15, 0.2) is 17.1 Å². The monoisotopic (exact) mass is 447 g/mol. The van der Waals surface area contributed by atoms with Gasteiger partial charge in [-0.25, -0.2) is 9.78 Å². The van der Waals surface area contributed by atoms with Crippen molar-refractivity contribution in [2.24, 2.45) is 18.9 Å². The fourth-order valence-electron chi connectivity index (χ4n) is 5.50. The highest BCUT2D eigenvalue weighted by molar-refractivity contribution is 5.74. The molecule has 2 aromatic heterocycles. The normalized spacial score (nSPS) is 25.9. The second-order valence-electron chi connectivity index (χ2n) is 8.97. The molecule has 11 heteroatoms. The Morgan fingerprint density at radius 1 is 1.19 bits per heavy atom. The molecular formula is C21H20F3N5O3. The summed E-state index contributed by atoms with van der Waals surface area (Å²) in [5.41, 5.74) is 1.20. The van der Waals surface area contributed by atoms with Crippen LogP contribution in [0.1, 0.15) is 24.8 Å². The third-order valence-electron chi connectivity index (χ3n) is 7.12. The van der Waals surface area contributed by atoms with Gasteiger partial charge in [-0.3, -0.25) is 9.13 Å². The SMILES string of the molecule is Cc1cc2c(cc1Nc1ncc3c(n1)n(C14CC(C1)C(C(F)(F)F)C4)c(=O)n3C)OCO2. The first-order chi connectivity index (χ1) is 15.2. The molecule has 3 heterocycles. The third-order valence-corrected chi connectivity index (χ3v) is 7.12. The molecule has 1 atom stereocenters. The van der Waals surface area contributed by atoms with Crippen LogP contribution in [-0.4, -0.2) is 32.1 Å². The molecule has 3 fully saturated rings. The van der Waals surface area contributed by atoms with Crippen molar-refractivity contribution in [3.63, 3.8) is 0 Å². The van der Waals surface area contributed by atoms with Gasteiger partial charge in [-0.1, -0.05) is 0 Å². The molecule has 0 radical (unpaired) electrons. The molecule has 8 nitrogen and oxygen atoms in total. The number of rotatable bonds is 3. The zero-order valence-electron chi connectivity index (χ0n) is 17.4. The summed E-state index contributed by atoms with van der Waals surface area (Å²) in [5.74, 6) is -0.315. The molecule has 4 aliphatic rings. The number of fused-ring (bicyclic) bond motifs is 3. The maximum absolute atomic E-state index is 13.4. The Bertz CT molecular complexity index is 1320. The Morgan fingerprint density at radius 2 is 1.91 bits per heavy atom. The molecule has 32 heavy (non-hydrogen) atoms. The van der Waals surface area contributed by atoms with Crippen molar-refractivity contribution in [1.29, 1.82) is 0 Å². The molecule has 2 bridgehead atoms. The van der Waals surface area contributed by atoms with E-state index in [-0.39, 0.29) is 24.9 Å². The van der Waals surface area contributed by atoms with Crippen LogP contribution in [-0.2, 0) is 12.6 Å². The van der Waals surface area contributed by atoms with E-state index in [1.165, 1.54) is 15.3 Å². The van der Waals surface area contributed by atoms with Gasteiger partial charge < -0.3 is 14.8 Å². The largest absolute Gasteiger partial charge is 0.454 e. The lowest BCUT2D eigenvalue weighted by Gasteiger charge is -2.39. The van der Waals surface area contributed by atoms with Crippen molar-refractivity contribution in [1.82, 2.24) is 19.1 Å². The summed E-state index contributed by atoms with van der Waals surface area (Å²) in [6, 6.07) is 3.62. The number of aryl methyl sites for hydroxylation is 2. The van der Waals surface area contributed by atoms with E-state index in [0.717, 1.165) is 5.56 Å². The fraction of sp³-hybridized carbons (Fsp3) is 0.476. The van der Waals surface area contributed by atoms with Crippen molar-refractivity contribution in [2.45, 2.75) is 37.9 Å². The van der Waals surface area contributed by atoms with E-state index < -0.39 is 23.6 Å². The van der Waals surface area contributed by atoms with E-state index in [9.17, 15) is 18.0 Å². The van der Waals surface area contributed by atoms with Crippen LogP contribution in [0.15, 0.2) is 23.1 Å². The molecule has 1 aromatic carbocycles. The van der Waals surface area contributed by atoms with E-state index >= 15 is 0 Å². The van der Waals surface area contributed by atoms with E-state index in [1.54, 1.807) is 13.1 Å². The van der Waals surface area contributed by atoms with Crippen LogP contribution in [0.5, 0.6) is 11.5 Å². The van der Waals surface area contributed by atoms with Crippen molar-refractivity contribution < 1.29 is 22.6 Å². The number of anilines is 2. The molecule has 0 spiro atoms. The minimum atomic E-state index is -4.25. The second-order valence-corrected chi connectivity index (χ2v) is 8.97. The molecule has 1 aliphatic heterocycles. The summed E-state index contributed by atoms with van der Waals surface area (Å²) >= 11 is 0. The lowest BCUT2D eigenvalue weighted by molar-refractivity contribution is -0.180. The number of nitrogens with zero attached hydrogens (tertiary/aromatic N) is 4. The Labute approximate surface area is 180 Å². The van der Waals surface area contributed by atoms with Gasteiger partial charge in [0.1, 0.15) is 5.52 Å². The van der Waals surface area contributed by atoms with Crippen LogP contribution < -0.4 is 20.5 Å². The fourth-order valence-corrected chi connectivity index (χ4v) is 5.50. The highest BCUT2D eigenvalue weighted by atomic mass is 19.4. The van der Waals surface area contributed by atoms with Crippen LogP contribution in [0.25, 0.3) is 11.2 Å². The number of imidazole rings is 1. The van der Waals surface area contributed by atoms with Gasteiger partial charge in [0.05, 0.1) is 17.7 Å². The highest BCUT2D eigenvalue weighted by Crippen LogP contribution is 2.63. The first-order valence-corrected chi connectivity index (χ1v) is 10.4. The molecule has 0 saturated heterocycles. The van der Waals surface area contributed by atoms with E-state index in [0.29, 0.717) is 41.2 Å². The number of hydrogen-bond donors (Lipinski definition) is 1. The third kappa shape index (κ3) is 2.59. The van der Waals surface area contributed by atoms with Gasteiger partial charge >= 0.3 is 11.9 Å². The van der Waals surface area contributed by atoms with Crippen LogP contribution in [0.4, 0.5) is 24.8 Å². The number of hydrogen-bond acceptors (Lipinski definition) is 6. The van der Waals surface area contributed by atoms with Gasteiger partial charge in [0, 0.05) is 18.8 Å². The average Bonchev–Trinajstić information content (AvgIpc) is 3.44. The average molecular weight is 447 g/mol. The minimum absolute atomic E-state index is 0.0891. The maximum atomic E-state index is 13.4. The van der Waals surface area contributed by atoms with Gasteiger partial charge in [0.25, 0.3) is 0 Å². The molecule has 168 valence electrons. The van der Waals surface area contributed by atoms with Crippen molar-refractivity contribution in [2.75, 3.05) is 12.1 Å². The van der Waals surface area contributed by atoms with Crippen molar-refractivity contribution >= 4 is 22.8 Å². The molecule has 0 amide bonds. The van der Waals surface area contributed by atoms with Crippen LogP contribution in [0.3, 0.4) is 0 Å². The topological polar surface area (TPSA) is 83.2 Å². The van der Waals surface area contributed by atoms with Gasteiger partial charge in [-0.15, -0.1) is 0 Å². The second kappa shape index (κ2) is 6.17. The summed E-state index contributed by atoms with van der Waals surface area (Å²) < 4.78 is 54.0. The van der Waals surface area contributed by atoms with E-state index in [1.807, 2.05) is 13.0 Å². The predicted molar refractivity (Wildman–Crippen MR) is 108 cm³/mol. The Balaban J connectivity index is 1.41. The molecule has 7 rings (SSSR count). The van der Waals surface area contributed by atoms with E-state index in [2.05, 4.69) is 15.3 Å². The first kappa shape index (κ1) is 19.4. The first-order valence-electron chi connectivity index (χ1n) is 10.4. The van der Waals surface area contributed by atoms with Crippen LogP contribution in [0.2, 0.25) is 0 Å². The van der Waals surface area contributed by atoms with Gasteiger partial charge in [-0.2, -0.15) is 18.2 Å². The number of benzene rings is 1. The molecule has 3 aliphatic carbocycles. The molecule has 1 unspecified atom stereocenters. The number of ether oxygens (including phenoxy) is 2. The molecule has 3 saturated carbocycles. The van der Waals surface area contributed by atoms with E-state index in [4.69, 9.17) is 9.47 Å². The lowest BCUT2D eigenvalue weighted by Crippen LogP contribution is -2.45. The summed E-state index contributed by atoms with van der Waals surface area (Å²) in [4.78, 5) is 21.9. The summed E-state index contributed by atoms with van der Waals surface area (Å²) in [5, 5.41) is 3.14. The number of halogens is 3. The smallest absolute Gasteiger partial charge is 0.392 e. The predicted octanol–water partition coefficient (Wildman–Crippen LogP) is 3.60. The zero-order valence-corrected chi connectivity index (χ0v) is 17.4. The number of nitrogens with one attached hydrogen (secondary N) is 1. The van der Waals surface area contributed by atoms with Crippen LogP contribution in [0, 0.1) is 18.8 Å². The summed E-state index contributed by atoms with van der Waals surface area (Å²) in [6.45, 7) is 2.05. The number of aromatic nitrogens is 4. The maximum Gasteiger partial charge on any atom is 0.392 e. The Morgan fingerprint density at radius 3 is 2.59 bits per heavy atom. The van der Waals surface area contributed by atoms with Gasteiger partial charge in [-0.05, 0) is 43.7 Å². The Kier molecular flexibility index (Phi) is 3.75. The number of alkyl halides is 3. The van der Waals surface area contributed by atoms with Crippen LogP contribution >= 0.6 is 0 Å². The van der Waals surface area contributed by atoms with Gasteiger partial charge in [0.2, 0.25) is 12.7 Å². The lowest BCUT2D eigenvalue weighted by atomic mass is 9.76. The van der Waals surface area contributed by atoms with Crippen molar-refractivity contribution in [3.05, 3.63) is 34.4 Å². The molecule has 1 N–H and O–H groups in total. The molecule has 3 aromatic rings. The quantitative estimate of drug-likeness (QED) is 0.661. The summed E-state index contributed by atoms with van der Waals surface area (Å²) in [6.07, 6.45) is -2.15. The standard InChI is InChI=1S/C21H20F3N5O3/c1-10-3-15-16(32-9-31-15)4-13(10)26-18-25-8-14-17(27-18)29(19(30)28(14)2)20-5-11(6-20)12(7-20)21(22,23)24/h3-4,8,11-12H,5-7,9H2,1-2H3,(H,25,26,27).